The summed E-state index contributed by atoms with van der Waals surface area (Å²) in [6.45, 7) is 0. The van der Waals surface area contributed by atoms with Crippen LogP contribution >= 0.6 is 0 Å². The lowest BCUT2D eigenvalue weighted by molar-refractivity contribution is 0.540. The van der Waals surface area contributed by atoms with Crippen LogP contribution in [0.2, 0.25) is 0 Å². The average Bonchev–Trinajstić information content (AvgIpc) is 2.06. The van der Waals surface area contributed by atoms with Crippen molar-refractivity contribution in [3.05, 3.63) is 40.4 Å². The van der Waals surface area contributed by atoms with Crippen molar-refractivity contribution in [2.75, 3.05) is 0 Å². The Morgan fingerprint density at radius 3 is 2.85 bits per heavy atom. The fraction of sp³-hybridized carbons (Fsp3) is 0. The van der Waals surface area contributed by atoms with Gasteiger partial charge in [0.15, 0.2) is 0 Å². The molecular formula is C8H4F2N2O. The third-order valence-electron chi connectivity index (χ3n) is 1.64. The summed E-state index contributed by atoms with van der Waals surface area (Å²) in [5, 5.41) is 0.0430. The zero-order valence-corrected chi connectivity index (χ0v) is 6.34. The average molecular weight is 182 g/mol. The van der Waals surface area contributed by atoms with Crippen LogP contribution in [0.15, 0.2) is 23.0 Å². The van der Waals surface area contributed by atoms with Gasteiger partial charge in [-0.1, -0.05) is 0 Å². The number of hydrogen-bond donors (Lipinski definition) is 1. The van der Waals surface area contributed by atoms with Crippen molar-refractivity contribution in [2.45, 2.75) is 0 Å². The van der Waals surface area contributed by atoms with Gasteiger partial charge in [0.25, 0.3) is 11.6 Å². The van der Waals surface area contributed by atoms with Crippen LogP contribution in [0.3, 0.4) is 0 Å². The Kier molecular flexibility index (Phi) is 1.58. The van der Waals surface area contributed by atoms with Gasteiger partial charge in [-0.3, -0.25) is 9.78 Å². The Bertz CT molecular complexity index is 521. The number of halogens is 2. The summed E-state index contributed by atoms with van der Waals surface area (Å²) < 4.78 is 25.2. The van der Waals surface area contributed by atoms with Gasteiger partial charge in [0.05, 0.1) is 10.9 Å². The number of nitrogens with one attached hydrogen (secondary N) is 1. The van der Waals surface area contributed by atoms with Crippen molar-refractivity contribution in [1.29, 1.82) is 0 Å². The molecule has 0 unspecified atom stereocenters. The number of H-pyrrole nitrogens is 1. The fourth-order valence-corrected chi connectivity index (χ4v) is 1.08. The Morgan fingerprint density at radius 1 is 1.31 bits per heavy atom. The topological polar surface area (TPSA) is 45.8 Å². The summed E-state index contributed by atoms with van der Waals surface area (Å²) in [5.41, 5.74) is -0.537. The van der Waals surface area contributed by atoms with Crippen LogP contribution in [-0.2, 0) is 0 Å². The molecule has 0 spiro atoms. The molecule has 2 rings (SSSR count). The molecule has 0 aliphatic carbocycles. The molecule has 3 nitrogen and oxygen atoms in total. The lowest BCUT2D eigenvalue weighted by Crippen LogP contribution is -2.10. The summed E-state index contributed by atoms with van der Waals surface area (Å²) in [6.07, 6.45) is -0.968. The van der Waals surface area contributed by atoms with E-state index in [1.54, 1.807) is 0 Å². The molecule has 66 valence electrons. The van der Waals surface area contributed by atoms with E-state index in [4.69, 9.17) is 0 Å². The van der Waals surface area contributed by atoms with Crippen LogP contribution in [-0.4, -0.2) is 9.97 Å². The third kappa shape index (κ3) is 1.28. The Hall–Kier alpha value is -1.78. The highest BCUT2D eigenvalue weighted by Gasteiger charge is 2.03. The van der Waals surface area contributed by atoms with Crippen LogP contribution < -0.4 is 5.56 Å². The van der Waals surface area contributed by atoms with E-state index >= 15 is 0 Å². The zero-order chi connectivity index (χ0) is 9.42. The van der Waals surface area contributed by atoms with E-state index in [0.29, 0.717) is 0 Å². The van der Waals surface area contributed by atoms with Crippen molar-refractivity contribution in [1.82, 2.24) is 9.97 Å². The van der Waals surface area contributed by atoms with E-state index in [2.05, 4.69) is 4.98 Å². The maximum atomic E-state index is 12.6. The molecular weight excluding hydrogens is 178 g/mol. The monoisotopic (exact) mass is 182 g/mol. The van der Waals surface area contributed by atoms with Crippen LogP contribution in [0.1, 0.15) is 0 Å². The van der Waals surface area contributed by atoms with E-state index in [-0.39, 0.29) is 10.9 Å². The maximum Gasteiger partial charge on any atom is 0.289 e. The van der Waals surface area contributed by atoms with Crippen molar-refractivity contribution >= 4 is 10.9 Å². The smallest absolute Gasteiger partial charge is 0.282 e. The van der Waals surface area contributed by atoms with E-state index < -0.39 is 17.5 Å². The second kappa shape index (κ2) is 2.62. The minimum atomic E-state index is -0.968. The number of nitrogens with zero attached hydrogens (tertiary/aromatic N) is 1. The van der Waals surface area contributed by atoms with Crippen LogP contribution in [0.4, 0.5) is 8.78 Å². The minimum absolute atomic E-state index is 0.0430. The normalized spacial score (nSPS) is 10.6. The van der Waals surface area contributed by atoms with Gasteiger partial charge < -0.3 is 0 Å². The zero-order valence-electron chi connectivity index (χ0n) is 6.34. The van der Waals surface area contributed by atoms with E-state index in [1.807, 2.05) is 4.98 Å². The first kappa shape index (κ1) is 7.85. The predicted octanol–water partition coefficient (Wildman–Crippen LogP) is 1.20. The summed E-state index contributed by atoms with van der Waals surface area (Å²) >= 11 is 0. The molecule has 5 heteroatoms. The predicted molar refractivity (Wildman–Crippen MR) is 42.3 cm³/mol. The third-order valence-corrected chi connectivity index (χ3v) is 1.64. The number of aromatic nitrogens is 2. The molecule has 0 bridgehead atoms. The molecule has 0 radical (unpaired) electrons. The number of fused-ring (bicyclic) bond motifs is 1. The Morgan fingerprint density at radius 2 is 2.08 bits per heavy atom. The molecule has 0 atom stereocenters. The van der Waals surface area contributed by atoms with Gasteiger partial charge in [0.2, 0.25) is 0 Å². The van der Waals surface area contributed by atoms with E-state index in [0.717, 1.165) is 12.1 Å². The number of hydrogen-bond acceptors (Lipinski definition) is 2. The van der Waals surface area contributed by atoms with Gasteiger partial charge in [-0.2, -0.15) is 4.39 Å². The molecule has 0 aliphatic heterocycles. The second-order valence-corrected chi connectivity index (χ2v) is 2.52. The van der Waals surface area contributed by atoms with Crippen LogP contribution in [0.25, 0.3) is 10.9 Å². The highest BCUT2D eigenvalue weighted by atomic mass is 19.1. The Labute approximate surface area is 71.0 Å². The summed E-state index contributed by atoms with van der Waals surface area (Å²) in [7, 11) is 0. The molecule has 1 N–H and O–H groups in total. The quantitative estimate of drug-likeness (QED) is 0.622. The highest BCUT2D eigenvalue weighted by molar-refractivity contribution is 5.76. The van der Waals surface area contributed by atoms with Crippen LogP contribution in [0, 0.1) is 11.9 Å². The fourth-order valence-electron chi connectivity index (χ4n) is 1.08. The molecule has 0 fully saturated rings. The molecule has 13 heavy (non-hydrogen) atoms. The molecule has 1 aromatic carbocycles. The van der Waals surface area contributed by atoms with Gasteiger partial charge >= 0.3 is 0 Å². The molecule has 0 aliphatic rings. The lowest BCUT2D eigenvalue weighted by Gasteiger charge is -1.95. The number of aromatic amines is 1. The van der Waals surface area contributed by atoms with Crippen molar-refractivity contribution in [3.63, 3.8) is 0 Å². The first-order valence-corrected chi connectivity index (χ1v) is 3.52. The Balaban J connectivity index is 2.95. The van der Waals surface area contributed by atoms with Gasteiger partial charge in [-0.05, 0) is 18.2 Å². The van der Waals surface area contributed by atoms with E-state index in [9.17, 15) is 13.6 Å². The van der Waals surface area contributed by atoms with Gasteiger partial charge in [-0.25, -0.2) is 9.37 Å². The first-order chi connectivity index (χ1) is 6.16. The van der Waals surface area contributed by atoms with Crippen molar-refractivity contribution in [3.8, 4) is 0 Å². The molecule has 0 saturated carbocycles. The number of rotatable bonds is 0. The summed E-state index contributed by atoms with van der Waals surface area (Å²) in [6, 6.07) is 3.39. The SMILES string of the molecule is O=c1[nH]c(F)nc2ccc(F)cc12. The molecule has 0 amide bonds. The highest BCUT2D eigenvalue weighted by Crippen LogP contribution is 2.08. The minimum Gasteiger partial charge on any atom is -0.282 e. The lowest BCUT2D eigenvalue weighted by atomic mass is 10.2. The standard InChI is InChI=1S/C8H4F2N2O/c9-4-1-2-6-5(3-4)7(13)12-8(10)11-6/h1-3H,(H,11,12,13). The first-order valence-electron chi connectivity index (χ1n) is 3.52. The number of benzene rings is 1. The van der Waals surface area contributed by atoms with Crippen molar-refractivity contribution in [2.24, 2.45) is 0 Å². The van der Waals surface area contributed by atoms with E-state index in [1.165, 1.54) is 6.07 Å². The summed E-state index contributed by atoms with van der Waals surface area (Å²) in [5.74, 6) is -0.550. The molecule has 1 aromatic heterocycles. The van der Waals surface area contributed by atoms with Gasteiger partial charge in [-0.15, -0.1) is 0 Å². The maximum absolute atomic E-state index is 12.6. The van der Waals surface area contributed by atoms with Gasteiger partial charge in [0, 0.05) is 0 Å². The van der Waals surface area contributed by atoms with Gasteiger partial charge in [0.1, 0.15) is 5.82 Å². The second-order valence-electron chi connectivity index (χ2n) is 2.52. The molecule has 0 saturated heterocycles. The molecule has 1 heterocycles. The van der Waals surface area contributed by atoms with Crippen LogP contribution in [0.5, 0.6) is 0 Å². The van der Waals surface area contributed by atoms with Crippen molar-refractivity contribution < 1.29 is 8.78 Å². The summed E-state index contributed by atoms with van der Waals surface area (Å²) in [4.78, 5) is 16.3. The largest absolute Gasteiger partial charge is 0.289 e. The molecule has 2 aromatic rings.